The van der Waals surface area contributed by atoms with Crippen molar-refractivity contribution in [1.29, 1.82) is 0 Å². The molecule has 0 spiro atoms. The van der Waals surface area contributed by atoms with Crippen LogP contribution in [0.2, 0.25) is 0 Å². The molecule has 1 heterocycles. The lowest BCUT2D eigenvalue weighted by atomic mass is 10.2. The lowest BCUT2D eigenvalue weighted by Crippen LogP contribution is -2.07. The second kappa shape index (κ2) is 4.83. The molecule has 2 N–H and O–H groups in total. The van der Waals surface area contributed by atoms with Crippen LogP contribution in [0.25, 0.3) is 0 Å². The summed E-state index contributed by atoms with van der Waals surface area (Å²) >= 11 is 0. The van der Waals surface area contributed by atoms with Crippen LogP contribution >= 0.6 is 0 Å². The minimum Gasteiger partial charge on any atom is -0.485 e. The van der Waals surface area contributed by atoms with E-state index >= 15 is 0 Å². The van der Waals surface area contributed by atoms with Gasteiger partial charge in [0.1, 0.15) is 12.4 Å². The van der Waals surface area contributed by atoms with E-state index < -0.39 is 11.7 Å². The molecule has 2 rings (SSSR count). The third-order valence-electron chi connectivity index (χ3n) is 2.48. The molecule has 0 radical (unpaired) electrons. The van der Waals surface area contributed by atoms with E-state index in [1.165, 1.54) is 6.07 Å². The highest BCUT2D eigenvalue weighted by Crippen LogP contribution is 2.33. The quantitative estimate of drug-likeness (QED) is 0.873. The summed E-state index contributed by atoms with van der Waals surface area (Å²) in [6.07, 6.45) is -2.66. The number of aromatic nitrogens is 2. The van der Waals surface area contributed by atoms with Crippen LogP contribution < -0.4 is 10.5 Å². The molecule has 4 nitrogen and oxygen atoms in total. The van der Waals surface area contributed by atoms with Crippen LogP contribution in [0.1, 0.15) is 11.3 Å². The van der Waals surface area contributed by atoms with Gasteiger partial charge in [-0.15, -0.1) is 0 Å². The topological polar surface area (TPSA) is 53.1 Å². The van der Waals surface area contributed by atoms with Crippen molar-refractivity contribution in [2.24, 2.45) is 7.05 Å². The van der Waals surface area contributed by atoms with Crippen LogP contribution in [-0.2, 0) is 19.8 Å². The van der Waals surface area contributed by atoms with E-state index in [0.717, 1.165) is 12.1 Å². The van der Waals surface area contributed by atoms with E-state index in [4.69, 9.17) is 10.5 Å². The maximum atomic E-state index is 12.4. The Morgan fingerprint density at radius 1 is 1.32 bits per heavy atom. The molecule has 0 unspecified atom stereocenters. The molecule has 0 fully saturated rings. The molecule has 0 bridgehead atoms. The first-order chi connectivity index (χ1) is 8.86. The zero-order valence-electron chi connectivity index (χ0n) is 10.1. The van der Waals surface area contributed by atoms with Gasteiger partial charge in [0.15, 0.2) is 0 Å². The first kappa shape index (κ1) is 13.3. The third-order valence-corrected chi connectivity index (χ3v) is 2.48. The van der Waals surface area contributed by atoms with Crippen molar-refractivity contribution in [2.45, 2.75) is 12.8 Å². The summed E-state index contributed by atoms with van der Waals surface area (Å²) in [5.41, 5.74) is 5.36. The van der Waals surface area contributed by atoms with Crippen molar-refractivity contribution in [1.82, 2.24) is 9.78 Å². The van der Waals surface area contributed by atoms with Crippen LogP contribution in [0.4, 0.5) is 18.9 Å². The average Bonchev–Trinajstić information content (AvgIpc) is 2.72. The fourth-order valence-electron chi connectivity index (χ4n) is 1.55. The number of benzene rings is 1. The maximum Gasteiger partial charge on any atom is 0.416 e. The van der Waals surface area contributed by atoms with Gasteiger partial charge >= 0.3 is 6.18 Å². The van der Waals surface area contributed by atoms with Crippen molar-refractivity contribution in [3.8, 4) is 5.75 Å². The molecule has 0 atom stereocenters. The number of nitrogens with zero attached hydrogens (tertiary/aromatic N) is 2. The summed E-state index contributed by atoms with van der Waals surface area (Å²) in [6.45, 7) is 0.149. The van der Waals surface area contributed by atoms with Crippen molar-refractivity contribution >= 4 is 5.69 Å². The Balaban J connectivity index is 2.09. The highest BCUT2D eigenvalue weighted by atomic mass is 19.4. The molecule has 0 aliphatic heterocycles. The van der Waals surface area contributed by atoms with E-state index in [1.807, 2.05) is 0 Å². The van der Waals surface area contributed by atoms with Gasteiger partial charge in [0.2, 0.25) is 0 Å². The molecule has 0 saturated heterocycles. The normalized spacial score (nSPS) is 11.6. The molecule has 1 aromatic heterocycles. The number of hydrogen-bond acceptors (Lipinski definition) is 3. The predicted molar refractivity (Wildman–Crippen MR) is 63.4 cm³/mol. The summed E-state index contributed by atoms with van der Waals surface area (Å²) in [5, 5.41) is 4.08. The van der Waals surface area contributed by atoms with Crippen molar-refractivity contribution in [3.05, 3.63) is 41.7 Å². The summed E-state index contributed by atoms with van der Waals surface area (Å²) < 4.78 is 44.3. The summed E-state index contributed by atoms with van der Waals surface area (Å²) in [7, 11) is 1.76. The second-order valence-corrected chi connectivity index (χ2v) is 4.02. The van der Waals surface area contributed by atoms with Gasteiger partial charge in [-0.25, -0.2) is 0 Å². The highest BCUT2D eigenvalue weighted by molar-refractivity contribution is 5.54. The highest BCUT2D eigenvalue weighted by Gasteiger charge is 2.30. The number of alkyl halides is 3. The first-order valence-corrected chi connectivity index (χ1v) is 5.44. The monoisotopic (exact) mass is 271 g/mol. The van der Waals surface area contributed by atoms with Crippen molar-refractivity contribution in [2.75, 3.05) is 5.73 Å². The molecule has 19 heavy (non-hydrogen) atoms. The van der Waals surface area contributed by atoms with E-state index in [2.05, 4.69) is 5.10 Å². The smallest absolute Gasteiger partial charge is 0.416 e. The van der Waals surface area contributed by atoms with Gasteiger partial charge in [-0.2, -0.15) is 18.3 Å². The van der Waals surface area contributed by atoms with Crippen LogP contribution in [0.15, 0.2) is 30.5 Å². The summed E-state index contributed by atoms with van der Waals surface area (Å²) in [4.78, 5) is 0. The molecule has 0 aliphatic rings. The number of rotatable bonds is 3. The lowest BCUT2D eigenvalue weighted by molar-refractivity contribution is -0.137. The van der Waals surface area contributed by atoms with Gasteiger partial charge < -0.3 is 10.5 Å². The molecule has 2 aromatic rings. The van der Waals surface area contributed by atoms with Gasteiger partial charge in [-0.05, 0) is 24.3 Å². The Labute approximate surface area is 107 Å². The van der Waals surface area contributed by atoms with Crippen molar-refractivity contribution in [3.63, 3.8) is 0 Å². The first-order valence-electron chi connectivity index (χ1n) is 5.44. The molecule has 1 aromatic carbocycles. The third kappa shape index (κ3) is 3.18. The molecule has 0 amide bonds. The Bertz CT molecular complexity index is 578. The van der Waals surface area contributed by atoms with Gasteiger partial charge in [0, 0.05) is 13.2 Å². The molecule has 0 aliphatic carbocycles. The number of ether oxygens (including phenoxy) is 1. The molecule has 0 saturated carbocycles. The number of hydrogen-bond donors (Lipinski definition) is 1. The molecular weight excluding hydrogens is 259 g/mol. The Hall–Kier alpha value is -2.18. The number of halogens is 3. The predicted octanol–water partition coefficient (Wildman–Crippen LogP) is 2.60. The van der Waals surface area contributed by atoms with Crippen molar-refractivity contribution < 1.29 is 17.9 Å². The van der Waals surface area contributed by atoms with Gasteiger partial charge in [0.25, 0.3) is 0 Å². The van der Waals surface area contributed by atoms with Crippen LogP contribution in [0.5, 0.6) is 5.75 Å². The van der Waals surface area contributed by atoms with Gasteiger partial charge in [-0.1, -0.05) is 0 Å². The van der Waals surface area contributed by atoms with E-state index in [0.29, 0.717) is 5.69 Å². The number of aryl methyl sites for hydroxylation is 1. The van der Waals surface area contributed by atoms with Crippen LogP contribution in [0, 0.1) is 0 Å². The van der Waals surface area contributed by atoms with E-state index in [1.54, 1.807) is 24.0 Å². The molecular formula is C12H12F3N3O. The van der Waals surface area contributed by atoms with E-state index in [9.17, 15) is 13.2 Å². The fraction of sp³-hybridized carbons (Fsp3) is 0.250. The van der Waals surface area contributed by atoms with Gasteiger partial charge in [0.05, 0.1) is 16.9 Å². The van der Waals surface area contributed by atoms with Crippen LogP contribution in [-0.4, -0.2) is 9.78 Å². The standard InChI is InChI=1S/C12H12F3N3O/c1-18-5-4-9(17-18)7-19-11-3-2-8(6-10(11)16)12(13,14)15/h2-6H,7,16H2,1H3. The minimum absolute atomic E-state index is 0.0502. The maximum absolute atomic E-state index is 12.4. The SMILES string of the molecule is Cn1ccc(COc2ccc(C(F)(F)F)cc2N)n1. The Morgan fingerprint density at radius 2 is 2.05 bits per heavy atom. The zero-order chi connectivity index (χ0) is 14.0. The molecule has 102 valence electrons. The summed E-state index contributed by atoms with van der Waals surface area (Å²) in [6, 6.07) is 4.75. The number of nitrogen functional groups attached to an aromatic ring is 1. The zero-order valence-corrected chi connectivity index (χ0v) is 10.1. The van der Waals surface area contributed by atoms with Crippen LogP contribution in [0.3, 0.4) is 0 Å². The Kier molecular flexibility index (Phi) is 3.37. The average molecular weight is 271 g/mol. The molecule has 7 heteroatoms. The summed E-state index contributed by atoms with van der Waals surface area (Å²) in [5.74, 6) is 0.207. The van der Waals surface area contributed by atoms with E-state index in [-0.39, 0.29) is 18.0 Å². The minimum atomic E-state index is -4.41. The Morgan fingerprint density at radius 3 is 2.58 bits per heavy atom. The fourth-order valence-corrected chi connectivity index (χ4v) is 1.55. The van der Waals surface area contributed by atoms with Gasteiger partial charge in [-0.3, -0.25) is 4.68 Å². The number of anilines is 1. The number of nitrogens with two attached hydrogens (primary N) is 1. The largest absolute Gasteiger partial charge is 0.485 e. The lowest BCUT2D eigenvalue weighted by Gasteiger charge is -2.11. The second-order valence-electron chi connectivity index (χ2n) is 4.02.